The van der Waals surface area contributed by atoms with Crippen LogP contribution in [0.1, 0.15) is 13.3 Å². The minimum Gasteiger partial charge on any atom is -0.396 e. The fraction of sp³-hybridized carbons (Fsp3) is 0.455. The molecule has 0 aliphatic heterocycles. The predicted molar refractivity (Wildman–Crippen MR) is 67.5 cm³/mol. The summed E-state index contributed by atoms with van der Waals surface area (Å²) in [5.41, 5.74) is 0. The van der Waals surface area contributed by atoms with E-state index < -0.39 is 15.8 Å². The topological polar surface area (TPSA) is 57.6 Å². The van der Waals surface area contributed by atoms with Gasteiger partial charge in [0.2, 0.25) is 10.0 Å². The number of sulfonamides is 1. The van der Waals surface area contributed by atoms with Crippen molar-refractivity contribution in [2.45, 2.75) is 18.2 Å². The van der Waals surface area contributed by atoms with Crippen LogP contribution < -0.4 is 0 Å². The molecule has 1 rings (SSSR count). The van der Waals surface area contributed by atoms with Gasteiger partial charge in [-0.1, -0.05) is 18.5 Å². The number of halogens is 2. The Morgan fingerprint density at radius 2 is 2.11 bits per heavy atom. The smallest absolute Gasteiger partial charge is 0.243 e. The van der Waals surface area contributed by atoms with E-state index in [4.69, 9.17) is 16.7 Å². The van der Waals surface area contributed by atoms with E-state index in [0.29, 0.717) is 6.42 Å². The summed E-state index contributed by atoms with van der Waals surface area (Å²) in [5, 5.41) is 8.51. The highest BCUT2D eigenvalue weighted by atomic mass is 35.5. The fourth-order valence-corrected chi connectivity index (χ4v) is 3.24. The van der Waals surface area contributed by atoms with Gasteiger partial charge in [0.1, 0.15) is 5.82 Å². The number of benzene rings is 1. The van der Waals surface area contributed by atoms with Gasteiger partial charge in [0, 0.05) is 19.7 Å². The molecule has 0 saturated carbocycles. The lowest BCUT2D eigenvalue weighted by molar-refractivity contribution is 0.271. The maximum Gasteiger partial charge on any atom is 0.243 e. The first-order valence-electron chi connectivity index (χ1n) is 5.49. The van der Waals surface area contributed by atoms with Crippen LogP contribution in [0.3, 0.4) is 0 Å². The molecule has 18 heavy (non-hydrogen) atoms. The molecular formula is C11H15ClFNO3S. The summed E-state index contributed by atoms with van der Waals surface area (Å²) in [4.78, 5) is -0.0475. The number of nitrogens with zero attached hydrogens (tertiary/aromatic N) is 1. The Labute approximate surface area is 111 Å². The summed E-state index contributed by atoms with van der Waals surface area (Å²) in [5.74, 6) is -0.658. The number of aliphatic hydroxyl groups is 1. The molecule has 1 aromatic rings. The second kappa shape index (κ2) is 6.47. The first kappa shape index (κ1) is 15.4. The molecule has 1 aromatic carbocycles. The van der Waals surface area contributed by atoms with E-state index >= 15 is 0 Å². The van der Waals surface area contributed by atoms with Crippen molar-refractivity contribution in [1.82, 2.24) is 4.31 Å². The molecular weight excluding hydrogens is 281 g/mol. The standard InChI is InChI=1S/C11H15ClFNO3S/c1-2-14(6-3-7-15)18(16,17)9-4-5-11(13)10(12)8-9/h4-5,8,15H,2-3,6-7H2,1H3. The first-order valence-corrected chi connectivity index (χ1v) is 7.31. The molecule has 102 valence electrons. The lowest BCUT2D eigenvalue weighted by Crippen LogP contribution is -2.32. The lowest BCUT2D eigenvalue weighted by atomic mass is 10.3. The monoisotopic (exact) mass is 295 g/mol. The van der Waals surface area contributed by atoms with Gasteiger partial charge in [0.25, 0.3) is 0 Å². The van der Waals surface area contributed by atoms with Crippen molar-refractivity contribution in [3.63, 3.8) is 0 Å². The van der Waals surface area contributed by atoms with E-state index in [-0.39, 0.29) is 29.6 Å². The molecule has 0 aliphatic carbocycles. The predicted octanol–water partition coefficient (Wildman–Crippen LogP) is 1.87. The average molecular weight is 296 g/mol. The normalized spacial score (nSPS) is 12.1. The molecule has 0 heterocycles. The van der Waals surface area contributed by atoms with Crippen LogP contribution in [-0.2, 0) is 10.0 Å². The van der Waals surface area contributed by atoms with Gasteiger partial charge in [-0.25, -0.2) is 12.8 Å². The van der Waals surface area contributed by atoms with Crippen molar-refractivity contribution in [1.29, 1.82) is 0 Å². The number of hydrogen-bond donors (Lipinski definition) is 1. The van der Waals surface area contributed by atoms with E-state index in [1.807, 2.05) is 0 Å². The van der Waals surface area contributed by atoms with Crippen molar-refractivity contribution in [3.8, 4) is 0 Å². The Balaban J connectivity index is 3.06. The molecule has 7 heteroatoms. The minimum atomic E-state index is -3.69. The molecule has 0 amide bonds. The third-order valence-electron chi connectivity index (χ3n) is 2.45. The van der Waals surface area contributed by atoms with Crippen LogP contribution in [0.15, 0.2) is 23.1 Å². The first-order chi connectivity index (χ1) is 8.43. The molecule has 4 nitrogen and oxygen atoms in total. The summed E-state index contributed by atoms with van der Waals surface area (Å²) in [6.45, 7) is 2.10. The van der Waals surface area contributed by atoms with Crippen molar-refractivity contribution < 1.29 is 17.9 Å². The van der Waals surface area contributed by atoms with E-state index in [1.165, 1.54) is 10.4 Å². The molecule has 1 N–H and O–H groups in total. The molecule has 0 aliphatic rings. The summed E-state index contributed by atoms with van der Waals surface area (Å²) in [6, 6.07) is 3.29. The molecule has 0 spiro atoms. The maximum absolute atomic E-state index is 13.0. The summed E-state index contributed by atoms with van der Waals surface area (Å²) < 4.78 is 38.6. The van der Waals surface area contributed by atoms with Crippen molar-refractivity contribution in [3.05, 3.63) is 29.0 Å². The van der Waals surface area contributed by atoms with Gasteiger partial charge in [0.05, 0.1) is 9.92 Å². The van der Waals surface area contributed by atoms with Crippen LogP contribution in [0, 0.1) is 5.82 Å². The van der Waals surface area contributed by atoms with Gasteiger partial charge in [-0.05, 0) is 24.6 Å². The van der Waals surface area contributed by atoms with Crippen LogP contribution in [0.2, 0.25) is 5.02 Å². The van der Waals surface area contributed by atoms with E-state index in [9.17, 15) is 12.8 Å². The zero-order valence-electron chi connectivity index (χ0n) is 9.94. The van der Waals surface area contributed by atoms with Crippen LogP contribution in [0.4, 0.5) is 4.39 Å². The third kappa shape index (κ3) is 3.41. The molecule has 0 unspecified atom stereocenters. The van der Waals surface area contributed by atoms with Gasteiger partial charge < -0.3 is 5.11 Å². The Morgan fingerprint density at radius 3 is 2.61 bits per heavy atom. The van der Waals surface area contributed by atoms with Crippen molar-refractivity contribution >= 4 is 21.6 Å². The number of hydrogen-bond acceptors (Lipinski definition) is 3. The highest BCUT2D eigenvalue weighted by molar-refractivity contribution is 7.89. The quantitative estimate of drug-likeness (QED) is 0.872. The second-order valence-electron chi connectivity index (χ2n) is 3.65. The van der Waals surface area contributed by atoms with E-state index in [0.717, 1.165) is 12.1 Å². The van der Waals surface area contributed by atoms with Crippen LogP contribution >= 0.6 is 11.6 Å². The van der Waals surface area contributed by atoms with Gasteiger partial charge in [0.15, 0.2) is 0 Å². The number of rotatable bonds is 6. The molecule has 0 atom stereocenters. The Bertz CT molecular complexity index is 507. The molecule has 0 fully saturated rings. The zero-order chi connectivity index (χ0) is 13.8. The van der Waals surface area contributed by atoms with Crippen LogP contribution in [0.5, 0.6) is 0 Å². The largest absolute Gasteiger partial charge is 0.396 e. The third-order valence-corrected chi connectivity index (χ3v) is 4.71. The number of aliphatic hydroxyl groups excluding tert-OH is 1. The van der Waals surface area contributed by atoms with Gasteiger partial charge in [-0.3, -0.25) is 0 Å². The van der Waals surface area contributed by atoms with E-state index in [1.54, 1.807) is 6.92 Å². The molecule has 0 radical (unpaired) electrons. The lowest BCUT2D eigenvalue weighted by Gasteiger charge is -2.20. The molecule has 0 bridgehead atoms. The highest BCUT2D eigenvalue weighted by Gasteiger charge is 2.23. The second-order valence-corrected chi connectivity index (χ2v) is 5.99. The SMILES string of the molecule is CCN(CCCO)S(=O)(=O)c1ccc(F)c(Cl)c1. The van der Waals surface area contributed by atoms with Crippen molar-refractivity contribution in [2.24, 2.45) is 0 Å². The fourth-order valence-electron chi connectivity index (χ4n) is 1.48. The van der Waals surface area contributed by atoms with Crippen LogP contribution in [0.25, 0.3) is 0 Å². The maximum atomic E-state index is 13.0. The Hall–Kier alpha value is -0.690. The van der Waals surface area contributed by atoms with Gasteiger partial charge in [-0.2, -0.15) is 4.31 Å². The minimum absolute atomic E-state index is 0.0475. The van der Waals surface area contributed by atoms with Gasteiger partial charge >= 0.3 is 0 Å². The Morgan fingerprint density at radius 1 is 1.44 bits per heavy atom. The summed E-state index contributed by atoms with van der Waals surface area (Å²) in [7, 11) is -3.69. The summed E-state index contributed by atoms with van der Waals surface area (Å²) in [6.07, 6.45) is 0.349. The van der Waals surface area contributed by atoms with Crippen LogP contribution in [-0.4, -0.2) is 37.5 Å². The van der Waals surface area contributed by atoms with E-state index in [2.05, 4.69) is 0 Å². The van der Waals surface area contributed by atoms with Gasteiger partial charge in [-0.15, -0.1) is 0 Å². The molecule has 0 saturated heterocycles. The molecule has 0 aromatic heterocycles. The average Bonchev–Trinajstić information content (AvgIpc) is 2.33. The Kier molecular flexibility index (Phi) is 5.52. The summed E-state index contributed by atoms with van der Waals surface area (Å²) >= 11 is 5.57. The highest BCUT2D eigenvalue weighted by Crippen LogP contribution is 2.22. The van der Waals surface area contributed by atoms with Crippen molar-refractivity contribution in [2.75, 3.05) is 19.7 Å². The zero-order valence-corrected chi connectivity index (χ0v) is 11.5.